The largest absolute Gasteiger partial charge is 0.492 e. The minimum absolute atomic E-state index is 0.296. The molecule has 0 bridgehead atoms. The van der Waals surface area contributed by atoms with Crippen molar-refractivity contribution >= 4 is 35.5 Å². The summed E-state index contributed by atoms with van der Waals surface area (Å²) in [6, 6.07) is 6.11. The summed E-state index contributed by atoms with van der Waals surface area (Å²) in [6.45, 7) is 6.84. The van der Waals surface area contributed by atoms with Crippen LogP contribution in [0.2, 0.25) is 5.02 Å². The summed E-state index contributed by atoms with van der Waals surface area (Å²) in [6.07, 6.45) is 2.40. The second kappa shape index (κ2) is 19.3. The fourth-order valence-corrected chi connectivity index (χ4v) is 3.49. The van der Waals surface area contributed by atoms with Gasteiger partial charge in [0, 0.05) is 13.1 Å². The molecule has 1 aromatic rings. The van der Waals surface area contributed by atoms with Gasteiger partial charge < -0.3 is 35.8 Å². The molecule has 12 heteroatoms. The lowest BCUT2D eigenvalue weighted by Gasteiger charge is -2.32. The number of carboxylic acids is 4. The Kier molecular flexibility index (Phi) is 17.8. The predicted octanol–water partition coefficient (Wildman–Crippen LogP) is 2.82. The highest BCUT2D eigenvalue weighted by atomic mass is 35.5. The van der Waals surface area contributed by atoms with Gasteiger partial charge in [-0.25, -0.2) is 0 Å². The van der Waals surface area contributed by atoms with Gasteiger partial charge in [-0.15, -0.1) is 0 Å². The van der Waals surface area contributed by atoms with Gasteiger partial charge in [0.05, 0.1) is 37.3 Å². The molecule has 2 rings (SSSR count). The smallest absolute Gasteiger partial charge is 0.303 e. The molecule has 1 saturated heterocycles. The molecule has 1 atom stereocenters. The third kappa shape index (κ3) is 17.5. The van der Waals surface area contributed by atoms with Gasteiger partial charge >= 0.3 is 23.9 Å². The van der Waals surface area contributed by atoms with Gasteiger partial charge in [0.1, 0.15) is 5.75 Å². The molecule has 0 amide bonds. The summed E-state index contributed by atoms with van der Waals surface area (Å²) >= 11 is 6.22. The zero-order chi connectivity index (χ0) is 27.5. The molecule has 1 aromatic carbocycles. The summed E-state index contributed by atoms with van der Waals surface area (Å²) in [5, 5.41) is 32.3. The van der Waals surface area contributed by atoms with E-state index in [1.807, 2.05) is 19.1 Å². The fourth-order valence-electron chi connectivity index (χ4n) is 3.23. The molecule has 0 radical (unpaired) electrons. The van der Waals surface area contributed by atoms with E-state index in [2.05, 4.69) is 11.0 Å². The first kappa shape index (κ1) is 33.1. The highest BCUT2D eigenvalue weighted by Gasteiger charge is 2.18. The number of carboxylic acid groups (broad SMARTS) is 4. The molecule has 0 aliphatic carbocycles. The van der Waals surface area contributed by atoms with E-state index < -0.39 is 23.9 Å². The standard InChI is InChI=1S/C16H25ClN2O.2C4H6O4/c1-2-20-16-6-5-13(10-15(16)17)7-9-19-8-3-4-14(11-18)12-19;2*5-3(6)1-2-4(7)8/h5-6,10,14H,2-4,7-9,11-12,18H2,1H3;2*1-2H2,(H,5,6)(H,7,8)/t14-;;/m0../s1. The number of nitrogens with two attached hydrogens (primary N) is 1. The van der Waals surface area contributed by atoms with E-state index in [1.54, 1.807) is 0 Å². The minimum Gasteiger partial charge on any atom is -0.492 e. The fraction of sp³-hybridized carbons (Fsp3) is 0.583. The molecule has 1 fully saturated rings. The number of carbonyl (C=O) groups is 4. The summed E-state index contributed by atoms with van der Waals surface area (Å²) in [5.74, 6) is -2.86. The molecule has 0 aromatic heterocycles. The second-order valence-electron chi connectivity index (χ2n) is 8.07. The van der Waals surface area contributed by atoms with E-state index in [0.29, 0.717) is 17.5 Å². The van der Waals surface area contributed by atoms with Crippen LogP contribution in [0.1, 0.15) is 51.0 Å². The first-order valence-corrected chi connectivity index (χ1v) is 12.1. The van der Waals surface area contributed by atoms with Crippen molar-refractivity contribution in [3.05, 3.63) is 28.8 Å². The maximum absolute atomic E-state index is 9.64. The van der Waals surface area contributed by atoms with Gasteiger partial charge in [0.2, 0.25) is 0 Å². The van der Waals surface area contributed by atoms with Crippen molar-refractivity contribution in [2.75, 3.05) is 32.8 Å². The van der Waals surface area contributed by atoms with Crippen molar-refractivity contribution in [3.8, 4) is 5.75 Å². The first-order valence-electron chi connectivity index (χ1n) is 11.7. The summed E-state index contributed by atoms with van der Waals surface area (Å²) in [4.78, 5) is 41.1. The number of benzene rings is 1. The van der Waals surface area contributed by atoms with Crippen LogP contribution in [0.3, 0.4) is 0 Å². The molecule has 0 unspecified atom stereocenters. The summed E-state index contributed by atoms with van der Waals surface area (Å²) < 4.78 is 5.46. The van der Waals surface area contributed by atoms with Gasteiger partial charge in [-0.05, 0) is 62.9 Å². The number of piperidine rings is 1. The van der Waals surface area contributed by atoms with Crippen LogP contribution >= 0.6 is 11.6 Å². The van der Waals surface area contributed by atoms with Crippen molar-refractivity contribution in [1.82, 2.24) is 4.90 Å². The first-order chi connectivity index (χ1) is 17.0. The Morgan fingerprint density at radius 3 is 1.94 bits per heavy atom. The van der Waals surface area contributed by atoms with Gasteiger partial charge in [-0.1, -0.05) is 17.7 Å². The average molecular weight is 533 g/mol. The van der Waals surface area contributed by atoms with Crippen LogP contribution in [0.25, 0.3) is 0 Å². The van der Waals surface area contributed by atoms with E-state index in [1.165, 1.54) is 24.9 Å². The van der Waals surface area contributed by atoms with E-state index in [4.69, 9.17) is 42.5 Å². The minimum atomic E-state index is -1.08. The van der Waals surface area contributed by atoms with Crippen LogP contribution in [0, 0.1) is 5.92 Å². The average Bonchev–Trinajstić information content (AvgIpc) is 2.82. The van der Waals surface area contributed by atoms with Crippen LogP contribution < -0.4 is 10.5 Å². The molecule has 0 saturated carbocycles. The number of aliphatic carboxylic acids is 4. The number of likely N-dealkylation sites (tertiary alicyclic amines) is 1. The lowest BCUT2D eigenvalue weighted by atomic mass is 9.98. The summed E-state index contributed by atoms with van der Waals surface area (Å²) in [7, 11) is 0. The van der Waals surface area contributed by atoms with Gasteiger partial charge in [0.25, 0.3) is 0 Å². The highest BCUT2D eigenvalue weighted by Crippen LogP contribution is 2.26. The van der Waals surface area contributed by atoms with Crippen LogP contribution in [0.15, 0.2) is 18.2 Å². The Bertz CT molecular complexity index is 780. The van der Waals surface area contributed by atoms with Gasteiger partial charge in [0.15, 0.2) is 0 Å². The zero-order valence-electron chi connectivity index (χ0n) is 20.5. The number of halogens is 1. The SMILES string of the molecule is CCOc1ccc(CCN2CCC[C@@H](CN)C2)cc1Cl.O=C(O)CCC(=O)O.O=C(O)CCC(=O)O. The normalized spacial score (nSPS) is 14.9. The van der Waals surface area contributed by atoms with Gasteiger partial charge in [-0.2, -0.15) is 0 Å². The third-order valence-corrected chi connectivity index (χ3v) is 5.35. The van der Waals surface area contributed by atoms with Crippen LogP contribution in [0.5, 0.6) is 5.75 Å². The Hall–Kier alpha value is -2.89. The van der Waals surface area contributed by atoms with Crippen LogP contribution in [-0.2, 0) is 25.6 Å². The van der Waals surface area contributed by atoms with Crippen molar-refractivity contribution < 1.29 is 44.3 Å². The lowest BCUT2D eigenvalue weighted by molar-refractivity contribution is -0.143. The molecular weight excluding hydrogens is 496 g/mol. The molecule has 36 heavy (non-hydrogen) atoms. The molecule has 6 N–H and O–H groups in total. The van der Waals surface area contributed by atoms with E-state index >= 15 is 0 Å². The molecule has 1 aliphatic heterocycles. The van der Waals surface area contributed by atoms with Crippen LogP contribution in [-0.4, -0.2) is 82.0 Å². The van der Waals surface area contributed by atoms with Crippen molar-refractivity contribution in [2.24, 2.45) is 11.7 Å². The number of hydrogen-bond acceptors (Lipinski definition) is 7. The van der Waals surface area contributed by atoms with Crippen LogP contribution in [0.4, 0.5) is 0 Å². The zero-order valence-corrected chi connectivity index (χ0v) is 21.3. The Balaban J connectivity index is 0.000000634. The predicted molar refractivity (Wildman–Crippen MR) is 134 cm³/mol. The molecular formula is C24H37ClN2O9. The van der Waals surface area contributed by atoms with Crippen molar-refractivity contribution in [1.29, 1.82) is 0 Å². The molecule has 204 valence electrons. The Morgan fingerprint density at radius 2 is 1.53 bits per heavy atom. The maximum Gasteiger partial charge on any atom is 0.303 e. The number of ether oxygens (including phenoxy) is 1. The third-order valence-electron chi connectivity index (χ3n) is 5.05. The molecule has 1 heterocycles. The van der Waals surface area contributed by atoms with Crippen molar-refractivity contribution in [3.63, 3.8) is 0 Å². The van der Waals surface area contributed by atoms with E-state index in [-0.39, 0.29) is 25.7 Å². The van der Waals surface area contributed by atoms with E-state index in [9.17, 15) is 19.2 Å². The van der Waals surface area contributed by atoms with E-state index in [0.717, 1.165) is 31.8 Å². The number of nitrogens with zero attached hydrogens (tertiary/aromatic N) is 1. The highest BCUT2D eigenvalue weighted by molar-refractivity contribution is 6.32. The quantitative estimate of drug-likeness (QED) is 0.266. The Morgan fingerprint density at radius 1 is 1.00 bits per heavy atom. The maximum atomic E-state index is 9.64. The summed E-state index contributed by atoms with van der Waals surface area (Å²) in [5.41, 5.74) is 7.05. The molecule has 0 spiro atoms. The molecule has 1 aliphatic rings. The number of hydrogen-bond donors (Lipinski definition) is 5. The second-order valence-corrected chi connectivity index (χ2v) is 8.47. The monoisotopic (exact) mass is 532 g/mol. The lowest BCUT2D eigenvalue weighted by Crippen LogP contribution is -2.39. The Labute approximate surface area is 215 Å². The van der Waals surface area contributed by atoms with Gasteiger partial charge in [-0.3, -0.25) is 19.2 Å². The van der Waals surface area contributed by atoms with Crippen molar-refractivity contribution in [2.45, 2.75) is 51.9 Å². The topological polar surface area (TPSA) is 188 Å². The molecule has 11 nitrogen and oxygen atoms in total. The number of rotatable bonds is 12.